The first kappa shape index (κ1) is 22.7. The predicted octanol–water partition coefficient (Wildman–Crippen LogP) is 5.15. The number of aromatic nitrogens is 1. The van der Waals surface area contributed by atoms with E-state index in [1.54, 1.807) is 12.1 Å². The average Bonchev–Trinajstić information content (AvgIpc) is 3.11. The molecule has 34 heavy (non-hydrogen) atoms. The number of sulfonamides is 1. The summed E-state index contributed by atoms with van der Waals surface area (Å²) in [6.07, 6.45) is 0. The van der Waals surface area contributed by atoms with Crippen LogP contribution in [0.15, 0.2) is 75.8 Å². The summed E-state index contributed by atoms with van der Waals surface area (Å²) in [6.45, 7) is 0. The Morgan fingerprint density at radius 1 is 1.09 bits per heavy atom. The van der Waals surface area contributed by atoms with E-state index in [1.807, 2.05) is 0 Å². The molecule has 4 aromatic rings. The van der Waals surface area contributed by atoms with Crippen LogP contribution in [0, 0.1) is 15.9 Å². The fourth-order valence-electron chi connectivity index (χ4n) is 3.12. The largest absolute Gasteiger partial charge is 0.497 e. The van der Waals surface area contributed by atoms with Gasteiger partial charge in [0.1, 0.15) is 11.6 Å². The molecule has 1 heterocycles. The first-order valence-electron chi connectivity index (χ1n) is 9.55. The number of hydrogen-bond donors (Lipinski definition) is 3. The predicted molar refractivity (Wildman–Crippen MR) is 121 cm³/mol. The lowest BCUT2D eigenvalue weighted by atomic mass is 10.2. The normalized spacial score (nSPS) is 11.7. The van der Waals surface area contributed by atoms with Gasteiger partial charge in [-0.1, -0.05) is 0 Å². The third kappa shape index (κ3) is 4.49. The minimum absolute atomic E-state index is 0.123. The van der Waals surface area contributed by atoms with E-state index in [2.05, 4.69) is 19.9 Å². The summed E-state index contributed by atoms with van der Waals surface area (Å²) in [5.41, 5.74) is -0.408. The molecule has 0 spiro atoms. The highest BCUT2D eigenvalue weighted by Gasteiger charge is 2.22. The fourth-order valence-corrected chi connectivity index (χ4v) is 4.19. The lowest BCUT2D eigenvalue weighted by molar-refractivity contribution is -0.384. The summed E-state index contributed by atoms with van der Waals surface area (Å²) < 4.78 is 46.4. The molecular weight excluding hydrogens is 469 g/mol. The Hall–Kier alpha value is -4.52. The molecule has 0 fully saturated rings. The second-order valence-electron chi connectivity index (χ2n) is 6.95. The molecule has 1 aromatic heterocycles. The number of benzene rings is 3. The maximum absolute atomic E-state index is 13.6. The average molecular weight is 485 g/mol. The van der Waals surface area contributed by atoms with Crippen molar-refractivity contribution in [1.82, 2.24) is 4.98 Å². The molecule has 0 radical (unpaired) electrons. The minimum atomic E-state index is -4.16. The number of azo groups is 1. The molecule has 0 saturated carbocycles. The Kier molecular flexibility index (Phi) is 5.86. The van der Waals surface area contributed by atoms with Crippen molar-refractivity contribution in [1.29, 1.82) is 0 Å². The smallest absolute Gasteiger partial charge is 0.298 e. The third-order valence-corrected chi connectivity index (χ3v) is 6.15. The van der Waals surface area contributed by atoms with Gasteiger partial charge >= 0.3 is 0 Å². The first-order valence-corrected chi connectivity index (χ1v) is 11.0. The van der Waals surface area contributed by atoms with Crippen molar-refractivity contribution in [2.75, 3.05) is 11.8 Å². The monoisotopic (exact) mass is 485 g/mol. The van der Waals surface area contributed by atoms with Gasteiger partial charge in [0, 0.05) is 17.1 Å². The van der Waals surface area contributed by atoms with Gasteiger partial charge in [0.15, 0.2) is 11.4 Å². The Morgan fingerprint density at radius 2 is 1.82 bits per heavy atom. The molecule has 11 nitrogen and oxygen atoms in total. The zero-order chi connectivity index (χ0) is 24.5. The lowest BCUT2D eigenvalue weighted by Crippen LogP contribution is -2.13. The Balaban J connectivity index is 1.67. The highest BCUT2D eigenvalue weighted by molar-refractivity contribution is 7.92. The molecule has 0 saturated heterocycles. The summed E-state index contributed by atoms with van der Waals surface area (Å²) in [5, 5.41) is 29.5. The van der Waals surface area contributed by atoms with Crippen LogP contribution in [0.3, 0.4) is 0 Å². The molecule has 0 aliphatic carbocycles. The van der Waals surface area contributed by atoms with Crippen molar-refractivity contribution in [3.63, 3.8) is 0 Å². The number of nitro groups is 1. The van der Waals surface area contributed by atoms with Gasteiger partial charge in [0.2, 0.25) is 5.88 Å². The van der Waals surface area contributed by atoms with Gasteiger partial charge < -0.3 is 14.8 Å². The van der Waals surface area contributed by atoms with Crippen molar-refractivity contribution in [2.24, 2.45) is 10.2 Å². The van der Waals surface area contributed by atoms with Crippen molar-refractivity contribution < 1.29 is 27.6 Å². The van der Waals surface area contributed by atoms with Crippen LogP contribution in [-0.4, -0.2) is 30.5 Å². The van der Waals surface area contributed by atoms with E-state index in [0.717, 1.165) is 24.3 Å². The molecule has 3 N–H and O–H groups in total. The van der Waals surface area contributed by atoms with Gasteiger partial charge in [0.25, 0.3) is 15.7 Å². The molecule has 174 valence electrons. The van der Waals surface area contributed by atoms with E-state index in [4.69, 9.17) is 4.74 Å². The number of nitrogens with zero attached hydrogens (tertiary/aromatic N) is 3. The number of anilines is 1. The molecule has 0 unspecified atom stereocenters. The molecule has 0 atom stereocenters. The summed E-state index contributed by atoms with van der Waals surface area (Å²) in [6, 6.07) is 12.8. The van der Waals surface area contributed by atoms with Gasteiger partial charge in [-0.2, -0.15) is 0 Å². The van der Waals surface area contributed by atoms with Gasteiger partial charge in [-0.05, 0) is 54.6 Å². The van der Waals surface area contributed by atoms with Crippen LogP contribution in [0.2, 0.25) is 0 Å². The number of nitro benzene ring substituents is 1. The summed E-state index contributed by atoms with van der Waals surface area (Å²) in [7, 11) is -2.69. The van der Waals surface area contributed by atoms with Gasteiger partial charge in [-0.25, -0.2) is 12.8 Å². The van der Waals surface area contributed by atoms with Crippen molar-refractivity contribution in [3.05, 3.63) is 76.6 Å². The molecular formula is C21H16FN5O6S. The number of nitrogens with one attached hydrogen (secondary N) is 2. The zero-order valence-corrected chi connectivity index (χ0v) is 18.2. The van der Waals surface area contributed by atoms with Crippen LogP contribution in [0.25, 0.3) is 10.9 Å². The van der Waals surface area contributed by atoms with Crippen molar-refractivity contribution >= 4 is 43.7 Å². The van der Waals surface area contributed by atoms with E-state index in [0.29, 0.717) is 11.3 Å². The quantitative estimate of drug-likeness (QED) is 0.187. The minimum Gasteiger partial charge on any atom is -0.497 e. The standard InChI is InChI=1S/C21H16FN5O6S/c1-33-14-5-3-13(4-6-14)26-34(31,32)15-7-9-18(19(11-15)27(29)30)24-25-20-16-10-12(22)2-8-17(16)23-21(20)28/h2-11,23,26,28H,1H3. The fraction of sp³-hybridized carbons (Fsp3) is 0.0476. The summed E-state index contributed by atoms with van der Waals surface area (Å²) in [4.78, 5) is 13.0. The van der Waals surface area contributed by atoms with E-state index in [1.165, 1.54) is 31.4 Å². The Morgan fingerprint density at radius 3 is 2.50 bits per heavy atom. The second-order valence-corrected chi connectivity index (χ2v) is 8.64. The highest BCUT2D eigenvalue weighted by Crippen LogP contribution is 2.38. The number of fused-ring (bicyclic) bond motifs is 1. The van der Waals surface area contributed by atoms with Gasteiger partial charge in [-0.3, -0.25) is 14.8 Å². The summed E-state index contributed by atoms with van der Waals surface area (Å²) >= 11 is 0. The van der Waals surface area contributed by atoms with Crippen LogP contribution in [0.4, 0.5) is 27.1 Å². The molecule has 0 aliphatic heterocycles. The van der Waals surface area contributed by atoms with E-state index >= 15 is 0 Å². The van der Waals surface area contributed by atoms with Crippen LogP contribution in [-0.2, 0) is 10.0 Å². The van der Waals surface area contributed by atoms with Crippen LogP contribution < -0.4 is 9.46 Å². The number of ether oxygens (including phenoxy) is 1. The molecule has 4 rings (SSSR count). The van der Waals surface area contributed by atoms with Crippen LogP contribution >= 0.6 is 0 Å². The highest BCUT2D eigenvalue weighted by atomic mass is 32.2. The maximum Gasteiger partial charge on any atom is 0.298 e. The molecule has 0 amide bonds. The first-order chi connectivity index (χ1) is 16.2. The van der Waals surface area contributed by atoms with E-state index in [-0.39, 0.29) is 27.3 Å². The van der Waals surface area contributed by atoms with Gasteiger partial charge in [-0.15, -0.1) is 10.2 Å². The second kappa shape index (κ2) is 8.78. The number of hydrogen-bond acceptors (Lipinski definition) is 8. The maximum atomic E-state index is 13.6. The van der Waals surface area contributed by atoms with Crippen molar-refractivity contribution in [3.8, 4) is 11.6 Å². The van der Waals surface area contributed by atoms with Crippen LogP contribution in [0.1, 0.15) is 0 Å². The topological polar surface area (TPSA) is 159 Å². The van der Waals surface area contributed by atoms with E-state index < -0.39 is 32.3 Å². The SMILES string of the molecule is COc1ccc(NS(=O)(=O)c2ccc(N=Nc3c(O)[nH]c4ccc(F)cc34)c([N+](=O)[O-])c2)cc1. The van der Waals surface area contributed by atoms with Crippen LogP contribution in [0.5, 0.6) is 11.6 Å². The number of rotatable bonds is 7. The van der Waals surface area contributed by atoms with E-state index in [9.17, 15) is 28.0 Å². The van der Waals surface area contributed by atoms with Crippen molar-refractivity contribution in [2.45, 2.75) is 4.90 Å². The Bertz CT molecular complexity index is 1530. The molecule has 3 aromatic carbocycles. The van der Waals surface area contributed by atoms with Gasteiger partial charge in [0.05, 0.1) is 22.4 Å². The third-order valence-electron chi connectivity index (χ3n) is 4.77. The summed E-state index contributed by atoms with van der Waals surface area (Å²) in [5.74, 6) is -0.458. The zero-order valence-electron chi connectivity index (χ0n) is 17.4. The number of aromatic amines is 1. The Labute approximate surface area is 191 Å². The number of halogens is 1. The lowest BCUT2D eigenvalue weighted by Gasteiger charge is -2.09. The molecule has 0 bridgehead atoms. The number of H-pyrrole nitrogens is 1. The molecule has 13 heteroatoms. The number of aromatic hydroxyl groups is 1. The number of methoxy groups -OCH3 is 1. The molecule has 0 aliphatic rings.